The topological polar surface area (TPSA) is 61.0 Å². The van der Waals surface area contributed by atoms with Gasteiger partial charge in [0, 0.05) is 36.1 Å². The lowest BCUT2D eigenvalue weighted by molar-refractivity contribution is 0.177. The first-order valence-electron chi connectivity index (χ1n) is 8.69. The lowest BCUT2D eigenvalue weighted by atomic mass is 9.95. The van der Waals surface area contributed by atoms with Gasteiger partial charge < -0.3 is 10.2 Å². The standard InChI is InChI=1S/C18H26N4OS/c1-13(9-16-6-4-8-24-16)11-19-18(23)22-7-3-5-15(12-22)17-10-14(2)20-21-17/h4,6,8,10,13,15H,3,5,7,9,11-12H2,1-2H3,(H,19,23)(H,20,21). The molecule has 1 fully saturated rings. The summed E-state index contributed by atoms with van der Waals surface area (Å²) in [4.78, 5) is 15.8. The molecule has 3 rings (SSSR count). The number of aryl methyl sites for hydroxylation is 1. The second-order valence-electron chi connectivity index (χ2n) is 6.84. The predicted molar refractivity (Wildman–Crippen MR) is 97.5 cm³/mol. The number of urea groups is 1. The average Bonchev–Trinajstić information content (AvgIpc) is 3.24. The van der Waals surface area contributed by atoms with Crippen LogP contribution in [0.1, 0.15) is 41.9 Å². The molecule has 0 saturated carbocycles. The van der Waals surface area contributed by atoms with Crippen LogP contribution in [0.2, 0.25) is 0 Å². The minimum absolute atomic E-state index is 0.0602. The molecule has 6 heteroatoms. The van der Waals surface area contributed by atoms with Crippen molar-refractivity contribution in [1.29, 1.82) is 0 Å². The van der Waals surface area contributed by atoms with Crippen LogP contribution in [-0.2, 0) is 6.42 Å². The van der Waals surface area contributed by atoms with Crippen LogP contribution >= 0.6 is 11.3 Å². The van der Waals surface area contributed by atoms with Gasteiger partial charge in [0.1, 0.15) is 0 Å². The van der Waals surface area contributed by atoms with E-state index in [0.29, 0.717) is 11.8 Å². The van der Waals surface area contributed by atoms with Gasteiger partial charge in [-0.05, 0) is 49.6 Å². The number of aromatic amines is 1. The predicted octanol–water partition coefficient (Wildman–Crippen LogP) is 3.55. The van der Waals surface area contributed by atoms with Gasteiger partial charge in [-0.3, -0.25) is 5.10 Å². The third kappa shape index (κ3) is 4.38. The van der Waals surface area contributed by atoms with Gasteiger partial charge >= 0.3 is 6.03 Å². The van der Waals surface area contributed by atoms with Gasteiger partial charge in [0.15, 0.2) is 0 Å². The number of amides is 2. The molecule has 5 nitrogen and oxygen atoms in total. The normalized spacial score (nSPS) is 19.2. The summed E-state index contributed by atoms with van der Waals surface area (Å²) in [5, 5.41) is 12.6. The number of carbonyl (C=O) groups excluding carboxylic acids is 1. The Bertz CT molecular complexity index is 652. The van der Waals surface area contributed by atoms with Crippen LogP contribution in [0.15, 0.2) is 23.6 Å². The second-order valence-corrected chi connectivity index (χ2v) is 7.87. The van der Waals surface area contributed by atoms with Gasteiger partial charge in [0.05, 0.1) is 5.69 Å². The van der Waals surface area contributed by atoms with Crippen LogP contribution in [0.4, 0.5) is 4.79 Å². The van der Waals surface area contributed by atoms with Gasteiger partial charge in [-0.1, -0.05) is 13.0 Å². The van der Waals surface area contributed by atoms with Gasteiger partial charge in [-0.25, -0.2) is 4.79 Å². The quantitative estimate of drug-likeness (QED) is 0.870. The SMILES string of the molecule is Cc1cc(C2CCCN(C(=O)NCC(C)Cc3cccs3)C2)n[nH]1. The summed E-state index contributed by atoms with van der Waals surface area (Å²) in [5.74, 6) is 0.792. The number of nitrogens with one attached hydrogen (secondary N) is 2. The molecule has 0 aliphatic carbocycles. The van der Waals surface area contributed by atoms with Crippen molar-refractivity contribution < 1.29 is 4.79 Å². The summed E-state index contributed by atoms with van der Waals surface area (Å²) in [6.07, 6.45) is 3.16. The highest BCUT2D eigenvalue weighted by Crippen LogP contribution is 2.25. The van der Waals surface area contributed by atoms with E-state index in [4.69, 9.17) is 0 Å². The summed E-state index contributed by atoms with van der Waals surface area (Å²) in [6, 6.07) is 6.39. The van der Waals surface area contributed by atoms with Crippen LogP contribution in [0.25, 0.3) is 0 Å². The van der Waals surface area contributed by atoms with Crippen molar-refractivity contribution in [3.05, 3.63) is 39.8 Å². The lowest BCUT2D eigenvalue weighted by Crippen LogP contribution is -2.46. The van der Waals surface area contributed by atoms with E-state index in [9.17, 15) is 4.79 Å². The molecule has 2 aromatic heterocycles. The van der Waals surface area contributed by atoms with E-state index >= 15 is 0 Å². The fraction of sp³-hybridized carbons (Fsp3) is 0.556. The Morgan fingerprint density at radius 1 is 1.58 bits per heavy atom. The number of piperidine rings is 1. The van der Waals surface area contributed by atoms with Crippen molar-refractivity contribution in [2.24, 2.45) is 5.92 Å². The number of H-pyrrole nitrogens is 1. The summed E-state index contributed by atoms with van der Waals surface area (Å²) < 4.78 is 0. The van der Waals surface area contributed by atoms with Crippen molar-refractivity contribution in [2.45, 2.75) is 39.0 Å². The molecule has 0 spiro atoms. The van der Waals surface area contributed by atoms with E-state index in [1.807, 2.05) is 11.8 Å². The van der Waals surface area contributed by atoms with Crippen molar-refractivity contribution in [3.63, 3.8) is 0 Å². The maximum atomic E-state index is 12.5. The maximum Gasteiger partial charge on any atom is 0.317 e. The summed E-state index contributed by atoms with van der Waals surface area (Å²) in [6.45, 7) is 6.52. The molecule has 2 N–H and O–H groups in total. The molecular formula is C18H26N4OS. The van der Waals surface area contributed by atoms with Gasteiger partial charge in [0.25, 0.3) is 0 Å². The van der Waals surface area contributed by atoms with Crippen molar-refractivity contribution >= 4 is 17.4 Å². The minimum atomic E-state index is 0.0602. The van der Waals surface area contributed by atoms with E-state index in [-0.39, 0.29) is 6.03 Å². The zero-order valence-electron chi connectivity index (χ0n) is 14.4. The van der Waals surface area contributed by atoms with E-state index in [0.717, 1.165) is 50.3 Å². The fourth-order valence-electron chi connectivity index (χ4n) is 3.27. The number of thiophene rings is 1. The highest BCUT2D eigenvalue weighted by atomic mass is 32.1. The smallest absolute Gasteiger partial charge is 0.317 e. The molecule has 130 valence electrons. The Balaban J connectivity index is 1.47. The number of nitrogens with zero attached hydrogens (tertiary/aromatic N) is 2. The van der Waals surface area contributed by atoms with Crippen LogP contribution in [0, 0.1) is 12.8 Å². The third-order valence-electron chi connectivity index (χ3n) is 4.58. The lowest BCUT2D eigenvalue weighted by Gasteiger charge is -2.32. The maximum absolute atomic E-state index is 12.5. The first-order valence-corrected chi connectivity index (χ1v) is 9.57. The number of carbonyl (C=O) groups is 1. The van der Waals surface area contributed by atoms with Crippen molar-refractivity contribution in [1.82, 2.24) is 20.4 Å². The third-order valence-corrected chi connectivity index (χ3v) is 5.48. The summed E-state index contributed by atoms with van der Waals surface area (Å²) in [7, 11) is 0. The molecule has 0 bridgehead atoms. The summed E-state index contributed by atoms with van der Waals surface area (Å²) in [5.41, 5.74) is 2.16. The largest absolute Gasteiger partial charge is 0.338 e. The van der Waals surface area contributed by atoms with Crippen LogP contribution in [0.3, 0.4) is 0 Å². The highest BCUT2D eigenvalue weighted by Gasteiger charge is 2.26. The van der Waals surface area contributed by atoms with Gasteiger partial charge in [-0.2, -0.15) is 5.10 Å². The highest BCUT2D eigenvalue weighted by molar-refractivity contribution is 7.09. The van der Waals surface area contributed by atoms with E-state index < -0.39 is 0 Å². The number of rotatable bonds is 5. The number of aromatic nitrogens is 2. The first-order chi connectivity index (χ1) is 11.6. The van der Waals surface area contributed by atoms with E-state index in [2.05, 4.69) is 46.0 Å². The number of hydrogen-bond donors (Lipinski definition) is 2. The first kappa shape index (κ1) is 17.0. The van der Waals surface area contributed by atoms with E-state index in [1.165, 1.54) is 4.88 Å². The molecule has 1 aliphatic rings. The summed E-state index contributed by atoms with van der Waals surface area (Å²) >= 11 is 1.78. The van der Waals surface area contributed by atoms with Crippen LogP contribution in [-0.4, -0.2) is 40.8 Å². The Kier molecular flexibility index (Phi) is 5.56. The molecular weight excluding hydrogens is 320 g/mol. The molecule has 2 atom stereocenters. The molecule has 1 aliphatic heterocycles. The molecule has 1 saturated heterocycles. The Morgan fingerprint density at radius 2 is 2.46 bits per heavy atom. The van der Waals surface area contributed by atoms with Gasteiger partial charge in [0.2, 0.25) is 0 Å². The Hall–Kier alpha value is -1.82. The molecule has 3 heterocycles. The van der Waals surface area contributed by atoms with Crippen LogP contribution < -0.4 is 5.32 Å². The number of likely N-dealkylation sites (tertiary alicyclic amines) is 1. The molecule has 0 radical (unpaired) electrons. The molecule has 2 unspecified atom stereocenters. The van der Waals surface area contributed by atoms with E-state index in [1.54, 1.807) is 11.3 Å². The fourth-order valence-corrected chi connectivity index (χ4v) is 4.14. The minimum Gasteiger partial charge on any atom is -0.338 e. The van der Waals surface area contributed by atoms with Crippen LogP contribution in [0.5, 0.6) is 0 Å². The number of hydrogen-bond acceptors (Lipinski definition) is 3. The Morgan fingerprint density at radius 3 is 3.17 bits per heavy atom. The Labute approximate surface area is 147 Å². The monoisotopic (exact) mass is 346 g/mol. The molecule has 2 amide bonds. The van der Waals surface area contributed by atoms with Crippen molar-refractivity contribution in [3.8, 4) is 0 Å². The average molecular weight is 347 g/mol. The zero-order chi connectivity index (χ0) is 16.9. The molecule has 24 heavy (non-hydrogen) atoms. The zero-order valence-corrected chi connectivity index (χ0v) is 15.2. The molecule has 2 aromatic rings. The second kappa shape index (κ2) is 7.83. The van der Waals surface area contributed by atoms with Gasteiger partial charge in [-0.15, -0.1) is 11.3 Å². The van der Waals surface area contributed by atoms with Crippen molar-refractivity contribution in [2.75, 3.05) is 19.6 Å². The molecule has 0 aromatic carbocycles.